The summed E-state index contributed by atoms with van der Waals surface area (Å²) in [5.74, 6) is 0.938. The van der Waals surface area contributed by atoms with Crippen molar-refractivity contribution in [2.24, 2.45) is 0 Å². The second kappa shape index (κ2) is 8.43. The molecule has 0 radical (unpaired) electrons. The van der Waals surface area contributed by atoms with Crippen LogP contribution in [0.5, 0.6) is 0 Å². The van der Waals surface area contributed by atoms with Crippen LogP contribution in [-0.2, 0) is 9.53 Å². The lowest BCUT2D eigenvalue weighted by Gasteiger charge is -2.22. The number of anilines is 1. The minimum Gasteiger partial charge on any atom is -0.366 e. The number of amides is 1. The Kier molecular flexibility index (Phi) is 7.23. The second-order valence-electron chi connectivity index (χ2n) is 4.01. The van der Waals surface area contributed by atoms with Crippen LogP contribution in [0.1, 0.15) is 6.92 Å². The zero-order chi connectivity index (χ0) is 12.8. The van der Waals surface area contributed by atoms with Gasteiger partial charge in [-0.05, 0) is 24.0 Å². The quantitative estimate of drug-likeness (QED) is 0.837. The van der Waals surface area contributed by atoms with E-state index >= 15 is 0 Å². The van der Waals surface area contributed by atoms with E-state index < -0.39 is 0 Å². The van der Waals surface area contributed by atoms with Crippen LogP contribution >= 0.6 is 24.2 Å². The van der Waals surface area contributed by atoms with Crippen molar-refractivity contribution < 1.29 is 9.53 Å². The number of nitrogens with one attached hydrogen (secondary N) is 2. The molecule has 106 valence electrons. The molecule has 1 fully saturated rings. The van der Waals surface area contributed by atoms with Gasteiger partial charge in [-0.3, -0.25) is 4.79 Å². The zero-order valence-electron chi connectivity index (χ0n) is 10.8. The molecule has 1 amide bonds. The number of hydrogen-bond acceptors (Lipinski definition) is 4. The van der Waals surface area contributed by atoms with Gasteiger partial charge in [-0.25, -0.2) is 0 Å². The van der Waals surface area contributed by atoms with Crippen molar-refractivity contribution in [3.8, 4) is 0 Å². The fourth-order valence-corrected chi connectivity index (χ4v) is 2.51. The third kappa shape index (κ3) is 5.03. The molecule has 1 unspecified atom stereocenters. The van der Waals surface area contributed by atoms with Gasteiger partial charge in [0.05, 0.1) is 6.61 Å². The summed E-state index contributed by atoms with van der Waals surface area (Å²) in [7, 11) is 0. The van der Waals surface area contributed by atoms with Gasteiger partial charge in [-0.1, -0.05) is 13.0 Å². The smallest absolute Gasteiger partial charge is 0.254 e. The van der Waals surface area contributed by atoms with Crippen LogP contribution in [0.15, 0.2) is 29.2 Å². The molecule has 2 N–H and O–H groups in total. The average Bonchev–Trinajstić information content (AvgIpc) is 2.40. The SMILES string of the molecule is CCSc1cccc(NC(=O)C2CNCCO2)c1.Cl. The molecule has 1 aromatic rings. The minimum atomic E-state index is -0.388. The van der Waals surface area contributed by atoms with Crippen LogP contribution < -0.4 is 10.6 Å². The highest BCUT2D eigenvalue weighted by atomic mass is 35.5. The summed E-state index contributed by atoms with van der Waals surface area (Å²) < 4.78 is 5.41. The monoisotopic (exact) mass is 302 g/mol. The largest absolute Gasteiger partial charge is 0.366 e. The van der Waals surface area contributed by atoms with Gasteiger partial charge < -0.3 is 15.4 Å². The van der Waals surface area contributed by atoms with Crippen molar-refractivity contribution in [1.29, 1.82) is 0 Å². The van der Waals surface area contributed by atoms with Crippen LogP contribution in [0.25, 0.3) is 0 Å². The van der Waals surface area contributed by atoms with Crippen molar-refractivity contribution in [2.75, 3.05) is 30.8 Å². The van der Waals surface area contributed by atoms with Crippen LogP contribution in [0.4, 0.5) is 5.69 Å². The van der Waals surface area contributed by atoms with Crippen molar-refractivity contribution in [3.63, 3.8) is 0 Å². The fraction of sp³-hybridized carbons (Fsp3) is 0.462. The number of halogens is 1. The maximum absolute atomic E-state index is 12.0. The fourth-order valence-electron chi connectivity index (χ4n) is 1.79. The van der Waals surface area contributed by atoms with E-state index in [0.717, 1.165) is 22.9 Å². The number of rotatable bonds is 4. The number of ether oxygens (including phenoxy) is 1. The number of thioether (sulfide) groups is 1. The Bertz CT molecular complexity index is 411. The van der Waals surface area contributed by atoms with E-state index in [4.69, 9.17) is 4.74 Å². The second-order valence-corrected chi connectivity index (χ2v) is 5.35. The first-order valence-electron chi connectivity index (χ1n) is 6.15. The van der Waals surface area contributed by atoms with Crippen LogP contribution in [0.2, 0.25) is 0 Å². The number of benzene rings is 1. The predicted octanol–water partition coefficient (Wildman–Crippen LogP) is 2.15. The first-order valence-corrected chi connectivity index (χ1v) is 7.14. The van der Waals surface area contributed by atoms with Crippen LogP contribution in [0.3, 0.4) is 0 Å². The molecule has 1 atom stereocenters. The highest BCUT2D eigenvalue weighted by molar-refractivity contribution is 7.99. The third-order valence-corrected chi connectivity index (χ3v) is 3.51. The molecule has 0 aliphatic carbocycles. The summed E-state index contributed by atoms with van der Waals surface area (Å²) in [6.07, 6.45) is -0.388. The van der Waals surface area contributed by atoms with Crippen LogP contribution in [0, 0.1) is 0 Å². The molecule has 1 aliphatic rings. The summed E-state index contributed by atoms with van der Waals surface area (Å²) in [6.45, 7) is 4.09. The summed E-state index contributed by atoms with van der Waals surface area (Å²) in [4.78, 5) is 13.1. The maximum Gasteiger partial charge on any atom is 0.254 e. The van der Waals surface area contributed by atoms with Gasteiger partial charge >= 0.3 is 0 Å². The molecule has 1 heterocycles. The Morgan fingerprint density at radius 3 is 3.11 bits per heavy atom. The first-order chi connectivity index (χ1) is 8.79. The summed E-state index contributed by atoms with van der Waals surface area (Å²) >= 11 is 1.76. The van der Waals surface area contributed by atoms with Gasteiger partial charge in [0.15, 0.2) is 0 Å². The third-order valence-electron chi connectivity index (χ3n) is 2.63. The highest BCUT2D eigenvalue weighted by Gasteiger charge is 2.21. The van der Waals surface area contributed by atoms with Gasteiger partial charge in [-0.2, -0.15) is 0 Å². The summed E-state index contributed by atoms with van der Waals surface area (Å²) in [5.41, 5.74) is 0.827. The zero-order valence-corrected chi connectivity index (χ0v) is 12.5. The standard InChI is InChI=1S/C13H18N2O2S.ClH/c1-2-18-11-5-3-4-10(8-11)15-13(16)12-9-14-6-7-17-12;/h3-5,8,12,14H,2,6-7,9H2,1H3,(H,15,16);1H. The highest BCUT2D eigenvalue weighted by Crippen LogP contribution is 2.21. The van der Waals surface area contributed by atoms with Gasteiger partial charge in [0.25, 0.3) is 5.91 Å². The Balaban J connectivity index is 0.00000180. The molecular formula is C13H19ClN2O2S. The lowest BCUT2D eigenvalue weighted by Crippen LogP contribution is -2.45. The maximum atomic E-state index is 12.0. The Morgan fingerprint density at radius 1 is 1.58 bits per heavy atom. The molecule has 6 heteroatoms. The van der Waals surface area contributed by atoms with Gasteiger partial charge in [0.2, 0.25) is 0 Å². The average molecular weight is 303 g/mol. The van der Waals surface area contributed by atoms with E-state index in [0.29, 0.717) is 13.2 Å². The molecule has 0 spiro atoms. The normalized spacial score (nSPS) is 18.5. The van der Waals surface area contributed by atoms with E-state index in [-0.39, 0.29) is 24.4 Å². The van der Waals surface area contributed by atoms with E-state index in [1.165, 1.54) is 0 Å². The Labute approximate surface area is 124 Å². The van der Waals surface area contributed by atoms with Crippen molar-refractivity contribution >= 4 is 35.8 Å². The van der Waals surface area contributed by atoms with Gasteiger partial charge in [0, 0.05) is 23.7 Å². The van der Waals surface area contributed by atoms with E-state index in [1.54, 1.807) is 11.8 Å². The molecular weight excluding hydrogens is 284 g/mol. The number of morpholine rings is 1. The number of carbonyl (C=O) groups is 1. The van der Waals surface area contributed by atoms with Gasteiger partial charge in [0.1, 0.15) is 6.10 Å². The Hall–Kier alpha value is -0.750. The molecule has 1 aromatic carbocycles. The number of hydrogen-bond donors (Lipinski definition) is 2. The van der Waals surface area contributed by atoms with Gasteiger partial charge in [-0.15, -0.1) is 24.2 Å². The minimum absolute atomic E-state index is 0. The molecule has 4 nitrogen and oxygen atoms in total. The molecule has 19 heavy (non-hydrogen) atoms. The van der Waals surface area contributed by atoms with E-state index in [2.05, 4.69) is 17.6 Å². The van der Waals surface area contributed by atoms with Crippen molar-refractivity contribution in [3.05, 3.63) is 24.3 Å². The Morgan fingerprint density at radius 2 is 2.42 bits per heavy atom. The van der Waals surface area contributed by atoms with Crippen LogP contribution in [-0.4, -0.2) is 37.5 Å². The molecule has 0 bridgehead atoms. The molecule has 1 aliphatic heterocycles. The molecule has 0 aromatic heterocycles. The lowest BCUT2D eigenvalue weighted by molar-refractivity contribution is -0.128. The topological polar surface area (TPSA) is 50.4 Å². The number of carbonyl (C=O) groups excluding carboxylic acids is 1. The van der Waals surface area contributed by atoms with E-state index in [1.807, 2.05) is 24.3 Å². The van der Waals surface area contributed by atoms with E-state index in [9.17, 15) is 4.79 Å². The molecule has 2 rings (SSSR count). The summed E-state index contributed by atoms with van der Waals surface area (Å²) in [5, 5.41) is 6.04. The molecule has 0 saturated carbocycles. The predicted molar refractivity (Wildman–Crippen MR) is 81.3 cm³/mol. The van der Waals surface area contributed by atoms with Crippen molar-refractivity contribution in [2.45, 2.75) is 17.9 Å². The molecule has 1 saturated heterocycles. The lowest BCUT2D eigenvalue weighted by atomic mass is 10.2. The first kappa shape index (κ1) is 16.3. The van der Waals surface area contributed by atoms with Crippen molar-refractivity contribution in [1.82, 2.24) is 5.32 Å². The summed E-state index contributed by atoms with van der Waals surface area (Å²) in [6, 6.07) is 7.88.